The molecule has 2 unspecified atom stereocenters. The van der Waals surface area contributed by atoms with E-state index < -0.39 is 16.0 Å². The van der Waals surface area contributed by atoms with Crippen LogP contribution in [-0.2, 0) is 16.4 Å². The number of carbonyl (C=O) groups is 1. The summed E-state index contributed by atoms with van der Waals surface area (Å²) in [5.41, 5.74) is 0.626. The third-order valence-corrected chi connectivity index (χ3v) is 5.31. The van der Waals surface area contributed by atoms with Gasteiger partial charge in [0.05, 0.1) is 10.5 Å². The molecule has 1 aromatic rings. The van der Waals surface area contributed by atoms with Crippen molar-refractivity contribution in [2.75, 3.05) is 0 Å². The lowest BCUT2D eigenvalue weighted by atomic mass is 10.1. The lowest BCUT2D eigenvalue weighted by Crippen LogP contribution is -2.28. The maximum absolute atomic E-state index is 12.4. The number of carboxylic acids is 1. The van der Waals surface area contributed by atoms with Crippen LogP contribution in [0.2, 0.25) is 0 Å². The van der Waals surface area contributed by atoms with E-state index in [9.17, 15) is 13.2 Å². The van der Waals surface area contributed by atoms with E-state index in [2.05, 4.69) is 4.72 Å². The summed E-state index contributed by atoms with van der Waals surface area (Å²) in [6.07, 6.45) is 2.34. The highest BCUT2D eigenvalue weighted by molar-refractivity contribution is 7.89. The average molecular weight is 297 g/mol. The molecule has 0 aromatic heterocycles. The number of hydrogen-bond acceptors (Lipinski definition) is 3. The molecule has 0 radical (unpaired) electrons. The Bertz CT molecular complexity index is 624. The Morgan fingerprint density at radius 2 is 2.10 bits per heavy atom. The van der Waals surface area contributed by atoms with Crippen LogP contribution in [-0.4, -0.2) is 25.5 Å². The predicted octanol–water partition coefficient (Wildman–Crippen LogP) is 2.02. The normalized spacial score (nSPS) is 21.7. The number of sulfonamides is 1. The Morgan fingerprint density at radius 3 is 2.60 bits per heavy atom. The van der Waals surface area contributed by atoms with Crippen molar-refractivity contribution >= 4 is 16.0 Å². The number of rotatable bonds is 6. The molecule has 2 N–H and O–H groups in total. The van der Waals surface area contributed by atoms with Crippen molar-refractivity contribution < 1.29 is 18.3 Å². The Kier molecular flexibility index (Phi) is 4.15. The van der Waals surface area contributed by atoms with Crippen molar-refractivity contribution in [1.82, 2.24) is 4.72 Å². The first-order valence-electron chi connectivity index (χ1n) is 6.77. The zero-order valence-electron chi connectivity index (χ0n) is 11.6. The van der Waals surface area contributed by atoms with E-state index in [1.165, 1.54) is 12.1 Å². The van der Waals surface area contributed by atoms with Gasteiger partial charge in [0.1, 0.15) is 0 Å². The molecule has 1 fully saturated rings. The van der Waals surface area contributed by atoms with Gasteiger partial charge in [-0.1, -0.05) is 26.3 Å². The van der Waals surface area contributed by atoms with Crippen LogP contribution < -0.4 is 4.72 Å². The highest BCUT2D eigenvalue weighted by atomic mass is 32.2. The van der Waals surface area contributed by atoms with Crippen molar-refractivity contribution in [2.24, 2.45) is 5.92 Å². The van der Waals surface area contributed by atoms with Gasteiger partial charge in [0.15, 0.2) is 0 Å². The van der Waals surface area contributed by atoms with Gasteiger partial charge in [-0.15, -0.1) is 0 Å². The molecule has 1 aliphatic rings. The molecule has 6 heteroatoms. The molecule has 0 spiro atoms. The van der Waals surface area contributed by atoms with Crippen molar-refractivity contribution in [1.29, 1.82) is 0 Å². The van der Waals surface area contributed by atoms with Gasteiger partial charge in [0, 0.05) is 6.04 Å². The third kappa shape index (κ3) is 3.02. The van der Waals surface area contributed by atoms with Crippen LogP contribution in [0.3, 0.4) is 0 Å². The van der Waals surface area contributed by atoms with Gasteiger partial charge >= 0.3 is 5.97 Å². The van der Waals surface area contributed by atoms with Crippen LogP contribution in [0.15, 0.2) is 23.1 Å². The molecule has 2 atom stereocenters. The fourth-order valence-electron chi connectivity index (χ4n) is 2.34. The van der Waals surface area contributed by atoms with Crippen molar-refractivity contribution in [3.63, 3.8) is 0 Å². The smallest absolute Gasteiger partial charge is 0.335 e. The molecule has 2 rings (SSSR count). The monoisotopic (exact) mass is 297 g/mol. The first-order valence-corrected chi connectivity index (χ1v) is 8.26. The molecule has 0 aliphatic heterocycles. The van der Waals surface area contributed by atoms with E-state index in [0.29, 0.717) is 17.9 Å². The third-order valence-electron chi connectivity index (χ3n) is 3.74. The van der Waals surface area contributed by atoms with Gasteiger partial charge in [-0.25, -0.2) is 17.9 Å². The molecular weight excluding hydrogens is 278 g/mol. The lowest BCUT2D eigenvalue weighted by molar-refractivity contribution is 0.0696. The van der Waals surface area contributed by atoms with Gasteiger partial charge in [0.25, 0.3) is 0 Å². The fraction of sp³-hybridized carbons (Fsp3) is 0.500. The quantitative estimate of drug-likeness (QED) is 0.841. The van der Waals surface area contributed by atoms with E-state index in [1.54, 1.807) is 6.07 Å². The molecule has 5 nitrogen and oxygen atoms in total. The van der Waals surface area contributed by atoms with E-state index in [4.69, 9.17) is 5.11 Å². The summed E-state index contributed by atoms with van der Waals surface area (Å²) in [6.45, 7) is 3.88. The Hall–Kier alpha value is -1.40. The number of nitrogens with one attached hydrogen (secondary N) is 1. The molecule has 1 aromatic carbocycles. The second-order valence-electron chi connectivity index (χ2n) is 5.11. The lowest BCUT2D eigenvalue weighted by Gasteiger charge is -2.11. The first kappa shape index (κ1) is 15.0. The molecule has 20 heavy (non-hydrogen) atoms. The van der Waals surface area contributed by atoms with Gasteiger partial charge in [-0.05, 0) is 36.5 Å². The van der Waals surface area contributed by atoms with Crippen molar-refractivity contribution in [3.05, 3.63) is 29.3 Å². The van der Waals surface area contributed by atoms with E-state index in [-0.39, 0.29) is 16.5 Å². The van der Waals surface area contributed by atoms with Crippen LogP contribution >= 0.6 is 0 Å². The fourth-order valence-corrected chi connectivity index (χ4v) is 3.99. The average Bonchev–Trinajstić information content (AvgIpc) is 3.15. The van der Waals surface area contributed by atoms with Crippen LogP contribution in [0, 0.1) is 5.92 Å². The molecule has 0 bridgehead atoms. The van der Waals surface area contributed by atoms with E-state index in [1.807, 2.05) is 13.8 Å². The number of aromatic carboxylic acids is 1. The second kappa shape index (κ2) is 5.54. The summed E-state index contributed by atoms with van der Waals surface area (Å²) in [5, 5.41) is 9.00. The SMILES string of the molecule is CCc1ccc(C(=O)O)cc1S(=O)(=O)NC1CC1CC. The Balaban J connectivity index is 2.34. The number of carboxylic acid groups (broad SMARTS) is 1. The Labute approximate surface area is 119 Å². The number of benzene rings is 1. The maximum atomic E-state index is 12.4. The number of aryl methyl sites for hydroxylation is 1. The minimum Gasteiger partial charge on any atom is -0.478 e. The van der Waals surface area contributed by atoms with Crippen molar-refractivity contribution in [2.45, 2.75) is 44.0 Å². The molecule has 0 saturated heterocycles. The highest BCUT2D eigenvalue weighted by Crippen LogP contribution is 2.34. The van der Waals surface area contributed by atoms with Crippen LogP contribution in [0.4, 0.5) is 0 Å². The topological polar surface area (TPSA) is 83.5 Å². The summed E-state index contributed by atoms with van der Waals surface area (Å²) in [7, 11) is -3.65. The van der Waals surface area contributed by atoms with Gasteiger partial charge in [0.2, 0.25) is 10.0 Å². The standard InChI is InChI=1S/C14H19NO4S/c1-3-9-5-6-11(14(16)17)8-13(9)20(18,19)15-12-7-10(12)4-2/h5-6,8,10,12,15H,3-4,7H2,1-2H3,(H,16,17). The number of hydrogen-bond donors (Lipinski definition) is 2. The molecule has 1 aliphatic carbocycles. The largest absolute Gasteiger partial charge is 0.478 e. The zero-order valence-corrected chi connectivity index (χ0v) is 12.4. The minimum absolute atomic E-state index is 0.00888. The predicted molar refractivity (Wildman–Crippen MR) is 75.3 cm³/mol. The first-order chi connectivity index (χ1) is 9.39. The minimum atomic E-state index is -3.65. The zero-order chi connectivity index (χ0) is 14.9. The summed E-state index contributed by atoms with van der Waals surface area (Å²) >= 11 is 0. The molecule has 0 heterocycles. The molecular formula is C14H19NO4S. The Morgan fingerprint density at radius 1 is 1.40 bits per heavy atom. The van der Waals surface area contributed by atoms with E-state index >= 15 is 0 Å². The second-order valence-corrected chi connectivity index (χ2v) is 6.80. The van der Waals surface area contributed by atoms with Crippen LogP contribution in [0.25, 0.3) is 0 Å². The molecule has 0 amide bonds. The van der Waals surface area contributed by atoms with Crippen LogP contribution in [0.1, 0.15) is 42.6 Å². The highest BCUT2D eigenvalue weighted by Gasteiger charge is 2.39. The van der Waals surface area contributed by atoms with Gasteiger partial charge < -0.3 is 5.11 Å². The summed E-state index contributed by atoms with van der Waals surface area (Å²) < 4.78 is 27.5. The summed E-state index contributed by atoms with van der Waals surface area (Å²) in [5.74, 6) is -0.723. The van der Waals surface area contributed by atoms with Crippen molar-refractivity contribution in [3.8, 4) is 0 Å². The van der Waals surface area contributed by atoms with Crippen LogP contribution in [0.5, 0.6) is 0 Å². The maximum Gasteiger partial charge on any atom is 0.335 e. The summed E-state index contributed by atoms with van der Waals surface area (Å²) in [6, 6.07) is 4.24. The molecule has 1 saturated carbocycles. The van der Waals surface area contributed by atoms with Gasteiger partial charge in [-0.2, -0.15) is 0 Å². The van der Waals surface area contributed by atoms with E-state index in [0.717, 1.165) is 12.8 Å². The summed E-state index contributed by atoms with van der Waals surface area (Å²) in [4.78, 5) is 11.1. The van der Waals surface area contributed by atoms with Gasteiger partial charge in [-0.3, -0.25) is 0 Å². The molecule has 110 valence electrons.